The fourth-order valence-electron chi connectivity index (χ4n) is 4.74. The molecule has 0 aliphatic carbocycles. The minimum absolute atomic E-state index is 0.0187. The average molecular weight is 510 g/mol. The van der Waals surface area contributed by atoms with Crippen molar-refractivity contribution in [2.75, 3.05) is 50.7 Å². The van der Waals surface area contributed by atoms with Gasteiger partial charge in [-0.25, -0.2) is 9.59 Å². The van der Waals surface area contributed by atoms with E-state index in [1.807, 2.05) is 30.3 Å². The third kappa shape index (κ3) is 7.68. The van der Waals surface area contributed by atoms with Crippen LogP contribution in [0.5, 0.6) is 0 Å². The molecule has 2 fully saturated rings. The zero-order chi connectivity index (χ0) is 26.0. The molecule has 0 aromatic heterocycles. The van der Waals surface area contributed by atoms with Crippen LogP contribution in [0.3, 0.4) is 0 Å². The number of hydrogen-bond acceptors (Lipinski definition) is 7. The number of carbonyl (C=O) groups is 3. The minimum Gasteiger partial charge on any atom is -0.480 e. The van der Waals surface area contributed by atoms with Crippen molar-refractivity contribution in [1.29, 1.82) is 0 Å². The molecule has 2 saturated heterocycles. The zero-order valence-electron chi connectivity index (χ0n) is 20.9. The number of benzene rings is 2. The second-order valence-electron chi connectivity index (χ2n) is 9.36. The normalized spacial score (nSPS) is 17.6. The van der Waals surface area contributed by atoms with Gasteiger partial charge in [-0.15, -0.1) is 0 Å². The molecule has 0 radical (unpaired) electrons. The second kappa shape index (κ2) is 13.1. The molecular weight excluding hydrogens is 474 g/mol. The van der Waals surface area contributed by atoms with Crippen LogP contribution in [-0.2, 0) is 16.1 Å². The molecule has 2 aliphatic heterocycles. The number of aliphatic carboxylic acids is 1. The first-order chi connectivity index (χ1) is 18.0. The van der Waals surface area contributed by atoms with Gasteiger partial charge in [0.05, 0.1) is 0 Å². The molecule has 0 bridgehead atoms. The smallest absolute Gasteiger partial charge is 0.408 e. The Kier molecular flexibility index (Phi) is 9.34. The quantitative estimate of drug-likeness (QED) is 0.403. The second-order valence-corrected chi connectivity index (χ2v) is 9.36. The molecule has 0 saturated carbocycles. The van der Waals surface area contributed by atoms with E-state index in [2.05, 4.69) is 25.8 Å². The third-order valence-electron chi connectivity index (χ3n) is 6.90. The molecule has 1 atom stereocenters. The molecule has 10 nitrogen and oxygen atoms in total. The van der Waals surface area contributed by atoms with Crippen LogP contribution in [-0.4, -0.2) is 85.9 Å². The number of hydrogen-bond donors (Lipinski definition) is 4. The standard InChI is InChI=1S/C27H35N5O5/c33-25(29-18-24(26(34)35)30-27(36)37-19-20-4-2-1-3-5-20)21-6-8-22(9-7-21)31-14-16-32(17-15-31)23-10-12-28-13-11-23/h1-9,23-24,28H,10-19H2,(H,29,33)(H,30,36)(H,34,35)/t24-/m0/s1. The topological polar surface area (TPSA) is 123 Å². The molecule has 2 aromatic carbocycles. The fraction of sp³-hybridized carbons (Fsp3) is 0.444. The van der Waals surface area contributed by atoms with Crippen LogP contribution in [0.4, 0.5) is 10.5 Å². The van der Waals surface area contributed by atoms with Crippen molar-refractivity contribution in [3.63, 3.8) is 0 Å². The molecule has 198 valence electrons. The van der Waals surface area contributed by atoms with E-state index in [0.717, 1.165) is 50.5 Å². The van der Waals surface area contributed by atoms with Crippen molar-refractivity contribution in [3.05, 3.63) is 65.7 Å². The monoisotopic (exact) mass is 509 g/mol. The van der Waals surface area contributed by atoms with Gasteiger partial charge < -0.3 is 30.7 Å². The molecule has 2 heterocycles. The van der Waals surface area contributed by atoms with Crippen molar-refractivity contribution in [2.24, 2.45) is 0 Å². The Labute approximate surface area is 217 Å². The van der Waals surface area contributed by atoms with E-state index in [4.69, 9.17) is 4.74 Å². The number of rotatable bonds is 9. The van der Waals surface area contributed by atoms with Gasteiger partial charge in [0.15, 0.2) is 0 Å². The van der Waals surface area contributed by atoms with Gasteiger partial charge in [-0.3, -0.25) is 9.69 Å². The van der Waals surface area contributed by atoms with Crippen molar-refractivity contribution in [2.45, 2.75) is 31.5 Å². The van der Waals surface area contributed by atoms with E-state index >= 15 is 0 Å². The van der Waals surface area contributed by atoms with Gasteiger partial charge in [0, 0.05) is 50.0 Å². The predicted octanol–water partition coefficient (Wildman–Crippen LogP) is 1.67. The molecule has 2 aliphatic rings. The number of anilines is 1. The van der Waals surface area contributed by atoms with Crippen molar-refractivity contribution in [1.82, 2.24) is 20.9 Å². The first-order valence-electron chi connectivity index (χ1n) is 12.8. The van der Waals surface area contributed by atoms with E-state index in [1.54, 1.807) is 24.3 Å². The zero-order valence-corrected chi connectivity index (χ0v) is 20.9. The van der Waals surface area contributed by atoms with E-state index in [1.165, 1.54) is 12.8 Å². The summed E-state index contributed by atoms with van der Waals surface area (Å²) in [5.41, 5.74) is 2.27. The number of ether oxygens (including phenoxy) is 1. The molecule has 0 unspecified atom stereocenters. The highest BCUT2D eigenvalue weighted by Gasteiger charge is 2.25. The number of nitrogens with one attached hydrogen (secondary N) is 3. The lowest BCUT2D eigenvalue weighted by Crippen LogP contribution is -2.52. The van der Waals surface area contributed by atoms with Gasteiger partial charge in [0.25, 0.3) is 5.91 Å². The molecule has 2 aromatic rings. The van der Waals surface area contributed by atoms with Crippen LogP contribution in [0, 0.1) is 0 Å². The Morgan fingerprint density at radius 1 is 0.973 bits per heavy atom. The lowest BCUT2D eigenvalue weighted by atomic mass is 10.0. The van der Waals surface area contributed by atoms with Gasteiger partial charge in [-0.2, -0.15) is 0 Å². The first kappa shape index (κ1) is 26.4. The van der Waals surface area contributed by atoms with Gasteiger partial charge >= 0.3 is 12.1 Å². The fourth-order valence-corrected chi connectivity index (χ4v) is 4.74. The number of carboxylic acid groups (broad SMARTS) is 1. The summed E-state index contributed by atoms with van der Waals surface area (Å²) in [5, 5.41) is 17.7. The summed E-state index contributed by atoms with van der Waals surface area (Å²) in [7, 11) is 0. The molecule has 37 heavy (non-hydrogen) atoms. The van der Waals surface area contributed by atoms with Crippen LogP contribution in [0.25, 0.3) is 0 Å². The molecule has 4 rings (SSSR count). The van der Waals surface area contributed by atoms with Crippen LogP contribution in [0.15, 0.2) is 54.6 Å². The highest BCUT2D eigenvalue weighted by Crippen LogP contribution is 2.20. The van der Waals surface area contributed by atoms with Gasteiger partial charge in [-0.1, -0.05) is 30.3 Å². The highest BCUT2D eigenvalue weighted by atomic mass is 16.5. The number of alkyl carbamates (subject to hydrolysis) is 1. The Hall–Kier alpha value is -3.63. The van der Waals surface area contributed by atoms with Gasteiger partial charge in [0.2, 0.25) is 0 Å². The summed E-state index contributed by atoms with van der Waals surface area (Å²) in [5.74, 6) is -1.68. The minimum atomic E-state index is -1.32. The summed E-state index contributed by atoms with van der Waals surface area (Å²) < 4.78 is 5.08. The van der Waals surface area contributed by atoms with Crippen molar-refractivity contribution >= 4 is 23.7 Å². The largest absolute Gasteiger partial charge is 0.480 e. The molecule has 4 N–H and O–H groups in total. The Balaban J connectivity index is 1.22. The Bertz CT molecular complexity index is 1030. The van der Waals surface area contributed by atoms with Crippen LogP contribution >= 0.6 is 0 Å². The Morgan fingerprint density at radius 2 is 1.65 bits per heavy atom. The molecule has 2 amide bonds. The van der Waals surface area contributed by atoms with Crippen LogP contribution < -0.4 is 20.9 Å². The number of nitrogens with zero attached hydrogens (tertiary/aromatic N) is 2. The van der Waals surface area contributed by atoms with Crippen molar-refractivity contribution < 1.29 is 24.2 Å². The summed E-state index contributed by atoms with van der Waals surface area (Å²) >= 11 is 0. The lowest BCUT2D eigenvalue weighted by Gasteiger charge is -2.41. The number of piperidine rings is 1. The Morgan fingerprint density at radius 3 is 2.30 bits per heavy atom. The van der Waals surface area contributed by atoms with Crippen LogP contribution in [0.2, 0.25) is 0 Å². The van der Waals surface area contributed by atoms with E-state index in [-0.39, 0.29) is 13.2 Å². The van der Waals surface area contributed by atoms with E-state index < -0.39 is 24.0 Å². The van der Waals surface area contributed by atoms with E-state index in [9.17, 15) is 19.5 Å². The molecular formula is C27H35N5O5. The first-order valence-corrected chi connectivity index (χ1v) is 12.8. The highest BCUT2D eigenvalue weighted by molar-refractivity contribution is 5.95. The number of piperazine rings is 1. The number of carboxylic acids is 1. The third-order valence-corrected chi connectivity index (χ3v) is 6.90. The number of carbonyl (C=O) groups excluding carboxylic acids is 2. The molecule has 10 heteroatoms. The lowest BCUT2D eigenvalue weighted by molar-refractivity contribution is -0.139. The maximum absolute atomic E-state index is 12.6. The maximum Gasteiger partial charge on any atom is 0.408 e. The summed E-state index contributed by atoms with van der Waals surface area (Å²) in [6.45, 7) is 5.89. The van der Waals surface area contributed by atoms with E-state index in [0.29, 0.717) is 11.6 Å². The number of amides is 2. The van der Waals surface area contributed by atoms with Gasteiger partial charge in [-0.05, 0) is 55.8 Å². The summed E-state index contributed by atoms with van der Waals surface area (Å²) in [4.78, 5) is 41.1. The summed E-state index contributed by atoms with van der Waals surface area (Å²) in [6, 6.07) is 15.7. The van der Waals surface area contributed by atoms with Gasteiger partial charge in [0.1, 0.15) is 12.6 Å². The summed E-state index contributed by atoms with van der Waals surface area (Å²) in [6.07, 6.45) is 1.54. The SMILES string of the molecule is O=C(N[C@@H](CNC(=O)c1ccc(N2CCN(C3CCNCC3)CC2)cc1)C(=O)O)OCc1ccccc1. The predicted molar refractivity (Wildman–Crippen MR) is 140 cm³/mol. The van der Waals surface area contributed by atoms with Crippen molar-refractivity contribution in [3.8, 4) is 0 Å². The van der Waals surface area contributed by atoms with Crippen LogP contribution in [0.1, 0.15) is 28.8 Å². The molecule has 0 spiro atoms. The average Bonchev–Trinajstić information content (AvgIpc) is 2.95. The maximum atomic E-state index is 12.6.